The molecule has 2 N–H and O–H groups in total. The highest BCUT2D eigenvalue weighted by molar-refractivity contribution is 7.17. The van der Waals surface area contributed by atoms with Crippen molar-refractivity contribution in [1.29, 1.82) is 0 Å². The van der Waals surface area contributed by atoms with Crippen LogP contribution in [0.3, 0.4) is 0 Å². The molecule has 2 heterocycles. The molecule has 6 heteroatoms. The van der Waals surface area contributed by atoms with Crippen molar-refractivity contribution in [3.05, 3.63) is 10.6 Å². The summed E-state index contributed by atoms with van der Waals surface area (Å²) in [7, 11) is 0. The van der Waals surface area contributed by atoms with Gasteiger partial charge in [-0.05, 0) is 19.8 Å². The molecule has 1 aromatic heterocycles. The molecule has 1 aliphatic heterocycles. The molecule has 0 aromatic carbocycles. The molecule has 1 aromatic rings. The van der Waals surface area contributed by atoms with Gasteiger partial charge in [-0.3, -0.25) is 4.79 Å². The lowest BCUT2D eigenvalue weighted by Gasteiger charge is -2.31. The van der Waals surface area contributed by atoms with Crippen molar-refractivity contribution in [1.82, 2.24) is 9.88 Å². The van der Waals surface area contributed by atoms with Gasteiger partial charge in [0.05, 0.1) is 18.4 Å². The molecule has 1 saturated carbocycles. The highest BCUT2D eigenvalue weighted by Gasteiger charge is 2.30. The molecule has 0 bridgehead atoms. The number of ether oxygens (including phenoxy) is 1. The number of rotatable bonds is 2. The van der Waals surface area contributed by atoms with Gasteiger partial charge in [-0.25, -0.2) is 4.98 Å². The summed E-state index contributed by atoms with van der Waals surface area (Å²) in [6.45, 7) is 3.92. The summed E-state index contributed by atoms with van der Waals surface area (Å²) in [5.74, 6) is 0.497. The quantitative estimate of drug-likeness (QED) is 0.908. The standard InChI is InChI=1S/C14H21N3O2S/c1-9-8-17(6-7-19-9)13(18)12-11(16-14(15)20-12)10-4-2-3-5-10/h9-10H,2-8H2,1H3,(H2,15,16). The second kappa shape index (κ2) is 5.69. The minimum atomic E-state index is 0.0799. The Kier molecular flexibility index (Phi) is 3.94. The first-order valence-corrected chi connectivity index (χ1v) is 8.14. The van der Waals surface area contributed by atoms with Crippen LogP contribution in [0.1, 0.15) is 53.9 Å². The third kappa shape index (κ3) is 2.67. The molecule has 1 amide bonds. The Bertz CT molecular complexity index is 497. The number of nitrogens with two attached hydrogens (primary N) is 1. The SMILES string of the molecule is CC1CN(C(=O)c2sc(N)nc2C2CCCC2)CCO1. The average molecular weight is 295 g/mol. The van der Waals surface area contributed by atoms with Crippen molar-refractivity contribution in [2.24, 2.45) is 0 Å². The van der Waals surface area contributed by atoms with E-state index in [4.69, 9.17) is 10.5 Å². The van der Waals surface area contributed by atoms with Crippen LogP contribution in [-0.2, 0) is 4.74 Å². The Morgan fingerprint density at radius 2 is 2.20 bits per heavy atom. The molecule has 1 saturated heterocycles. The Labute approximate surface area is 123 Å². The molecule has 2 fully saturated rings. The van der Waals surface area contributed by atoms with E-state index in [1.807, 2.05) is 11.8 Å². The molecule has 1 atom stereocenters. The maximum Gasteiger partial charge on any atom is 0.266 e. The summed E-state index contributed by atoms with van der Waals surface area (Å²) >= 11 is 1.34. The number of hydrogen-bond acceptors (Lipinski definition) is 5. The number of carbonyl (C=O) groups excluding carboxylic acids is 1. The van der Waals surface area contributed by atoms with Crippen LogP contribution in [0, 0.1) is 0 Å². The van der Waals surface area contributed by atoms with E-state index >= 15 is 0 Å². The summed E-state index contributed by atoms with van der Waals surface area (Å²) in [5.41, 5.74) is 6.79. The molecule has 3 rings (SSSR count). The van der Waals surface area contributed by atoms with Crippen molar-refractivity contribution >= 4 is 22.4 Å². The van der Waals surface area contributed by atoms with Gasteiger partial charge in [-0.15, -0.1) is 0 Å². The number of nitrogens with zero attached hydrogens (tertiary/aromatic N) is 2. The van der Waals surface area contributed by atoms with Crippen LogP contribution >= 0.6 is 11.3 Å². The number of morpholine rings is 1. The van der Waals surface area contributed by atoms with E-state index in [1.165, 1.54) is 24.2 Å². The Balaban J connectivity index is 1.83. The second-order valence-electron chi connectivity index (χ2n) is 5.68. The van der Waals surface area contributed by atoms with Crippen LogP contribution in [0.4, 0.5) is 5.13 Å². The summed E-state index contributed by atoms with van der Waals surface area (Å²) < 4.78 is 5.50. The summed E-state index contributed by atoms with van der Waals surface area (Å²) in [6, 6.07) is 0. The van der Waals surface area contributed by atoms with Crippen molar-refractivity contribution in [3.8, 4) is 0 Å². The number of hydrogen-bond donors (Lipinski definition) is 1. The number of thiazole rings is 1. The van der Waals surface area contributed by atoms with Gasteiger partial charge in [-0.2, -0.15) is 0 Å². The van der Waals surface area contributed by atoms with Gasteiger partial charge in [0.25, 0.3) is 5.91 Å². The number of aromatic nitrogens is 1. The van der Waals surface area contributed by atoms with Crippen molar-refractivity contribution in [2.75, 3.05) is 25.4 Å². The van der Waals surface area contributed by atoms with E-state index < -0.39 is 0 Å². The Morgan fingerprint density at radius 1 is 1.45 bits per heavy atom. The van der Waals surface area contributed by atoms with Crippen LogP contribution in [0.25, 0.3) is 0 Å². The predicted octanol–water partition coefficient (Wildman–Crippen LogP) is 2.24. The maximum atomic E-state index is 12.7. The van der Waals surface area contributed by atoms with Crippen LogP contribution < -0.4 is 5.73 Å². The largest absolute Gasteiger partial charge is 0.375 e. The van der Waals surface area contributed by atoms with Crippen molar-refractivity contribution in [3.63, 3.8) is 0 Å². The van der Waals surface area contributed by atoms with E-state index in [-0.39, 0.29) is 12.0 Å². The highest BCUT2D eigenvalue weighted by atomic mass is 32.1. The van der Waals surface area contributed by atoms with Crippen molar-refractivity contribution < 1.29 is 9.53 Å². The first-order valence-electron chi connectivity index (χ1n) is 7.32. The third-order valence-electron chi connectivity index (χ3n) is 4.13. The molecule has 20 heavy (non-hydrogen) atoms. The number of anilines is 1. The van der Waals surface area contributed by atoms with Gasteiger partial charge in [0.15, 0.2) is 5.13 Å². The van der Waals surface area contributed by atoms with Crippen LogP contribution in [0.15, 0.2) is 0 Å². The zero-order valence-electron chi connectivity index (χ0n) is 11.8. The van der Waals surface area contributed by atoms with Gasteiger partial charge < -0.3 is 15.4 Å². The zero-order chi connectivity index (χ0) is 14.1. The topological polar surface area (TPSA) is 68.5 Å². The fraction of sp³-hybridized carbons (Fsp3) is 0.714. The molecular formula is C14H21N3O2S. The first-order chi connectivity index (χ1) is 9.65. The summed E-state index contributed by atoms with van der Waals surface area (Å²) in [6.07, 6.45) is 4.81. The first kappa shape index (κ1) is 13.8. The summed E-state index contributed by atoms with van der Waals surface area (Å²) in [5, 5.41) is 0.511. The number of amides is 1. The van der Waals surface area contributed by atoms with Crippen LogP contribution in [0.2, 0.25) is 0 Å². The van der Waals surface area contributed by atoms with E-state index in [0.717, 1.165) is 23.4 Å². The number of nitrogen functional groups attached to an aromatic ring is 1. The monoisotopic (exact) mass is 295 g/mol. The van der Waals surface area contributed by atoms with Crippen LogP contribution in [-0.4, -0.2) is 41.6 Å². The van der Waals surface area contributed by atoms with Crippen molar-refractivity contribution in [2.45, 2.75) is 44.6 Å². The molecule has 110 valence electrons. The molecule has 2 aliphatic rings. The van der Waals surface area contributed by atoms with Gasteiger partial charge in [0.2, 0.25) is 0 Å². The normalized spacial score (nSPS) is 24.2. The lowest BCUT2D eigenvalue weighted by Crippen LogP contribution is -2.44. The van der Waals surface area contributed by atoms with Gasteiger partial charge >= 0.3 is 0 Å². The van der Waals surface area contributed by atoms with E-state index in [0.29, 0.717) is 30.7 Å². The predicted molar refractivity (Wildman–Crippen MR) is 79.1 cm³/mol. The molecule has 1 unspecified atom stereocenters. The van der Waals surface area contributed by atoms with E-state index in [9.17, 15) is 4.79 Å². The molecule has 1 aliphatic carbocycles. The average Bonchev–Trinajstić information content (AvgIpc) is 3.06. The van der Waals surface area contributed by atoms with E-state index in [2.05, 4.69) is 4.98 Å². The Hall–Kier alpha value is -1.14. The fourth-order valence-electron chi connectivity index (χ4n) is 3.12. The molecule has 0 radical (unpaired) electrons. The van der Waals surface area contributed by atoms with E-state index in [1.54, 1.807) is 0 Å². The molecule has 0 spiro atoms. The highest BCUT2D eigenvalue weighted by Crippen LogP contribution is 2.38. The second-order valence-corrected chi connectivity index (χ2v) is 6.71. The van der Waals surface area contributed by atoms with Crippen LogP contribution in [0.5, 0.6) is 0 Å². The minimum absolute atomic E-state index is 0.0799. The van der Waals surface area contributed by atoms with Gasteiger partial charge in [-0.1, -0.05) is 24.2 Å². The number of carbonyl (C=O) groups is 1. The lowest BCUT2D eigenvalue weighted by atomic mass is 10.0. The maximum absolute atomic E-state index is 12.7. The zero-order valence-corrected chi connectivity index (χ0v) is 12.6. The molecular weight excluding hydrogens is 274 g/mol. The summed E-state index contributed by atoms with van der Waals surface area (Å²) in [4.78, 5) is 19.8. The van der Waals surface area contributed by atoms with Gasteiger partial charge in [0.1, 0.15) is 4.88 Å². The fourth-order valence-corrected chi connectivity index (χ4v) is 4.01. The smallest absolute Gasteiger partial charge is 0.266 e. The third-order valence-corrected chi connectivity index (χ3v) is 5.02. The minimum Gasteiger partial charge on any atom is -0.375 e. The molecule has 5 nitrogen and oxygen atoms in total. The Morgan fingerprint density at radius 3 is 2.90 bits per heavy atom. The van der Waals surface area contributed by atoms with Gasteiger partial charge in [0, 0.05) is 19.0 Å². The lowest BCUT2D eigenvalue weighted by molar-refractivity contribution is -0.0123.